The van der Waals surface area contributed by atoms with Crippen molar-refractivity contribution in [3.8, 4) is 6.01 Å². The van der Waals surface area contributed by atoms with Crippen LogP contribution in [0.2, 0.25) is 0 Å². The van der Waals surface area contributed by atoms with Gasteiger partial charge in [0.1, 0.15) is 0 Å². The van der Waals surface area contributed by atoms with Gasteiger partial charge in [0.15, 0.2) is 0 Å². The molecule has 0 unspecified atom stereocenters. The number of ether oxygens (including phenoxy) is 1. The van der Waals surface area contributed by atoms with Crippen LogP contribution in [-0.4, -0.2) is 16.2 Å². The molecule has 0 spiro atoms. The van der Waals surface area contributed by atoms with Crippen molar-refractivity contribution in [2.75, 3.05) is 6.61 Å². The fourth-order valence-electron chi connectivity index (χ4n) is 2.31. The summed E-state index contributed by atoms with van der Waals surface area (Å²) in [6, 6.07) is 5.01. The van der Waals surface area contributed by atoms with Gasteiger partial charge in [0, 0.05) is 16.3 Å². The molecule has 1 aliphatic carbocycles. The van der Waals surface area contributed by atoms with Gasteiger partial charge < -0.3 is 4.74 Å². The highest BCUT2D eigenvalue weighted by molar-refractivity contribution is 9.10. The summed E-state index contributed by atoms with van der Waals surface area (Å²) in [5.41, 5.74) is 3.41. The Morgan fingerprint density at radius 3 is 2.84 bits per heavy atom. The molecule has 2 aromatic rings. The van der Waals surface area contributed by atoms with Crippen LogP contribution in [0.15, 0.2) is 16.6 Å². The van der Waals surface area contributed by atoms with Crippen molar-refractivity contribution in [2.45, 2.75) is 31.6 Å². The number of alkyl halides is 1. The van der Waals surface area contributed by atoms with Crippen LogP contribution in [0.25, 0.3) is 11.0 Å². The minimum Gasteiger partial charge on any atom is -0.465 e. The molecule has 0 amide bonds. The van der Waals surface area contributed by atoms with Gasteiger partial charge in [-0.3, -0.25) is 4.57 Å². The zero-order valence-electron chi connectivity index (χ0n) is 10.8. The number of nitrogens with zero attached hydrogens (tertiary/aromatic N) is 2. The molecule has 0 radical (unpaired) electrons. The first-order valence-corrected chi connectivity index (χ1v) is 8.51. The average Bonchev–Trinajstić information content (AvgIpc) is 3.15. The summed E-state index contributed by atoms with van der Waals surface area (Å²) in [6.45, 7) is 3.67. The lowest BCUT2D eigenvalue weighted by Crippen LogP contribution is -2.05. The summed E-state index contributed by atoms with van der Waals surface area (Å²) in [7, 11) is 0. The van der Waals surface area contributed by atoms with Crippen molar-refractivity contribution >= 4 is 42.9 Å². The number of benzene rings is 1. The van der Waals surface area contributed by atoms with Crippen molar-refractivity contribution in [1.82, 2.24) is 9.55 Å². The van der Waals surface area contributed by atoms with E-state index >= 15 is 0 Å². The Balaban J connectivity index is 2.16. The van der Waals surface area contributed by atoms with E-state index in [1.807, 2.05) is 6.92 Å². The molecule has 0 aliphatic heterocycles. The summed E-state index contributed by atoms with van der Waals surface area (Å²) in [6.07, 6.45) is 2.65. The Morgan fingerprint density at radius 2 is 2.21 bits per heavy atom. The molecule has 19 heavy (non-hydrogen) atoms. The topological polar surface area (TPSA) is 27.1 Å². The average molecular weight is 388 g/mol. The summed E-state index contributed by atoms with van der Waals surface area (Å²) in [5.74, 6) is 0.794. The second-order valence-corrected chi connectivity index (χ2v) is 6.42. The number of aromatic nitrogens is 2. The number of hydrogen-bond donors (Lipinski definition) is 0. The Labute approximate surface area is 129 Å². The molecule has 1 aromatic heterocycles. The number of fused-ring (bicyclic) bond motifs is 1. The van der Waals surface area contributed by atoms with E-state index in [1.165, 1.54) is 23.9 Å². The molecule has 1 aliphatic rings. The Kier molecular flexibility index (Phi) is 3.85. The molecule has 0 N–H and O–H groups in total. The SMILES string of the molecule is CCOc1nc2c(CBr)cc(Br)cc2n1CC1CC1. The van der Waals surface area contributed by atoms with Crippen LogP contribution >= 0.6 is 31.9 Å². The highest BCUT2D eigenvalue weighted by atomic mass is 79.9. The third-order valence-corrected chi connectivity index (χ3v) is 4.48. The molecular weight excluding hydrogens is 372 g/mol. The quantitative estimate of drug-likeness (QED) is 0.706. The fraction of sp³-hybridized carbons (Fsp3) is 0.500. The first kappa shape index (κ1) is 13.4. The van der Waals surface area contributed by atoms with E-state index in [0.717, 1.165) is 33.8 Å². The standard InChI is InChI=1S/C14H16Br2N2O/c1-2-19-14-17-13-10(7-15)5-11(16)6-12(13)18(14)8-9-3-4-9/h5-6,9H,2-4,7-8H2,1H3. The monoisotopic (exact) mass is 386 g/mol. The molecule has 0 bridgehead atoms. The minimum absolute atomic E-state index is 0.652. The van der Waals surface area contributed by atoms with Crippen molar-refractivity contribution in [2.24, 2.45) is 5.92 Å². The van der Waals surface area contributed by atoms with Gasteiger partial charge in [0.2, 0.25) is 0 Å². The number of halogens is 2. The highest BCUT2D eigenvalue weighted by Crippen LogP contribution is 2.35. The number of hydrogen-bond acceptors (Lipinski definition) is 2. The summed E-state index contributed by atoms with van der Waals surface area (Å²) in [4.78, 5) is 4.69. The predicted molar refractivity (Wildman–Crippen MR) is 84.0 cm³/mol. The summed E-state index contributed by atoms with van der Waals surface area (Å²) in [5, 5.41) is 0.801. The molecule has 3 nitrogen and oxygen atoms in total. The normalized spacial score (nSPS) is 15.1. The van der Waals surface area contributed by atoms with Crippen LogP contribution in [0.3, 0.4) is 0 Å². The zero-order valence-corrected chi connectivity index (χ0v) is 14.0. The third-order valence-electron chi connectivity index (χ3n) is 3.42. The van der Waals surface area contributed by atoms with E-state index < -0.39 is 0 Å². The molecular formula is C14H16Br2N2O. The van der Waals surface area contributed by atoms with Gasteiger partial charge in [-0.2, -0.15) is 4.98 Å². The largest absolute Gasteiger partial charge is 0.465 e. The summed E-state index contributed by atoms with van der Waals surface area (Å²) < 4.78 is 9.03. The molecule has 5 heteroatoms. The zero-order chi connectivity index (χ0) is 13.4. The molecule has 1 fully saturated rings. The van der Waals surface area contributed by atoms with Gasteiger partial charge >= 0.3 is 0 Å². The molecule has 1 aromatic carbocycles. The molecule has 0 atom stereocenters. The first-order valence-electron chi connectivity index (χ1n) is 6.60. The maximum atomic E-state index is 5.71. The van der Waals surface area contributed by atoms with E-state index in [0.29, 0.717) is 6.61 Å². The van der Waals surface area contributed by atoms with E-state index in [-0.39, 0.29) is 0 Å². The highest BCUT2D eigenvalue weighted by Gasteiger charge is 2.25. The van der Waals surface area contributed by atoms with Gasteiger partial charge in [-0.1, -0.05) is 31.9 Å². The second kappa shape index (κ2) is 5.44. The summed E-state index contributed by atoms with van der Waals surface area (Å²) >= 11 is 7.12. The molecule has 0 saturated heterocycles. The maximum Gasteiger partial charge on any atom is 0.297 e. The van der Waals surface area contributed by atoms with Crippen LogP contribution < -0.4 is 4.74 Å². The van der Waals surface area contributed by atoms with Crippen LogP contribution in [0, 0.1) is 5.92 Å². The third kappa shape index (κ3) is 2.68. The van der Waals surface area contributed by atoms with Crippen molar-refractivity contribution in [3.63, 3.8) is 0 Å². The Morgan fingerprint density at radius 1 is 1.42 bits per heavy atom. The van der Waals surface area contributed by atoms with Crippen molar-refractivity contribution in [1.29, 1.82) is 0 Å². The lowest BCUT2D eigenvalue weighted by Gasteiger charge is -2.08. The Hall–Kier alpha value is -0.550. The second-order valence-electron chi connectivity index (χ2n) is 4.95. The molecule has 1 heterocycles. The van der Waals surface area contributed by atoms with Crippen LogP contribution in [0.5, 0.6) is 6.01 Å². The van der Waals surface area contributed by atoms with Crippen LogP contribution in [0.1, 0.15) is 25.3 Å². The van der Waals surface area contributed by atoms with E-state index in [9.17, 15) is 0 Å². The molecule has 102 valence electrons. The number of rotatable bonds is 5. The van der Waals surface area contributed by atoms with E-state index in [2.05, 4.69) is 53.5 Å². The van der Waals surface area contributed by atoms with Crippen LogP contribution in [-0.2, 0) is 11.9 Å². The maximum absolute atomic E-state index is 5.71. The lowest BCUT2D eigenvalue weighted by atomic mass is 10.2. The smallest absolute Gasteiger partial charge is 0.297 e. The van der Waals surface area contributed by atoms with Gasteiger partial charge in [-0.15, -0.1) is 0 Å². The first-order chi connectivity index (χ1) is 9.22. The van der Waals surface area contributed by atoms with Gasteiger partial charge in [-0.05, 0) is 43.4 Å². The molecule has 3 rings (SSSR count). The van der Waals surface area contributed by atoms with Gasteiger partial charge in [-0.25, -0.2) is 0 Å². The predicted octanol–water partition coefficient (Wildman–Crippen LogP) is 4.50. The van der Waals surface area contributed by atoms with E-state index in [1.54, 1.807) is 0 Å². The lowest BCUT2D eigenvalue weighted by molar-refractivity contribution is 0.296. The number of imidazole rings is 1. The van der Waals surface area contributed by atoms with Gasteiger partial charge in [0.25, 0.3) is 6.01 Å². The van der Waals surface area contributed by atoms with Gasteiger partial charge in [0.05, 0.1) is 17.6 Å². The molecule has 1 saturated carbocycles. The fourth-order valence-corrected chi connectivity index (χ4v) is 3.23. The van der Waals surface area contributed by atoms with Crippen molar-refractivity contribution < 1.29 is 4.74 Å². The van der Waals surface area contributed by atoms with E-state index in [4.69, 9.17) is 4.74 Å². The van der Waals surface area contributed by atoms with Crippen LogP contribution in [0.4, 0.5) is 0 Å². The Bertz CT molecular complexity index is 605. The van der Waals surface area contributed by atoms with Crippen molar-refractivity contribution in [3.05, 3.63) is 22.2 Å². The minimum atomic E-state index is 0.652.